The second-order valence-electron chi connectivity index (χ2n) is 9.15. The van der Waals surface area contributed by atoms with E-state index in [-0.39, 0.29) is 24.3 Å². The van der Waals surface area contributed by atoms with Crippen LogP contribution < -0.4 is 14.5 Å². The summed E-state index contributed by atoms with van der Waals surface area (Å²) in [5.41, 5.74) is 3.48. The Morgan fingerprint density at radius 3 is 2.09 bits per heavy atom. The summed E-state index contributed by atoms with van der Waals surface area (Å²) >= 11 is 1.86. The molecular weight excluding hydrogens is 481 g/mol. The van der Waals surface area contributed by atoms with Crippen molar-refractivity contribution in [1.29, 1.82) is 0 Å². The van der Waals surface area contributed by atoms with E-state index in [2.05, 4.69) is 63.2 Å². The third kappa shape index (κ3) is 5.88. The Labute approximate surface area is 218 Å². The third-order valence-corrected chi connectivity index (χ3v) is 7.51. The molecule has 0 saturated carbocycles. The van der Waals surface area contributed by atoms with Gasteiger partial charge in [0, 0.05) is 48.6 Å². The maximum Gasteiger partial charge on any atom is 0.143 e. The SMILES string of the molecule is CC(C)Oc1ccc(F)cc1N1CCN(CCCN2c3ccccc3Sc3ccccc32)CC1.Cl. The zero-order valence-corrected chi connectivity index (χ0v) is 22.0. The number of halogens is 2. The quantitative estimate of drug-likeness (QED) is 0.343. The van der Waals surface area contributed by atoms with Crippen LogP contribution in [0.25, 0.3) is 0 Å². The normalized spacial score (nSPS) is 15.4. The van der Waals surface area contributed by atoms with Crippen molar-refractivity contribution in [1.82, 2.24) is 4.90 Å². The van der Waals surface area contributed by atoms with Crippen LogP contribution in [0.4, 0.5) is 21.5 Å². The highest BCUT2D eigenvalue weighted by Crippen LogP contribution is 2.47. The monoisotopic (exact) mass is 513 g/mol. The molecule has 0 bridgehead atoms. The van der Waals surface area contributed by atoms with Crippen molar-refractivity contribution in [3.05, 3.63) is 72.5 Å². The summed E-state index contributed by atoms with van der Waals surface area (Å²) in [4.78, 5) is 9.90. The predicted octanol–water partition coefficient (Wildman–Crippen LogP) is 6.85. The molecule has 2 aliphatic rings. The minimum Gasteiger partial charge on any atom is -0.489 e. The van der Waals surface area contributed by atoms with Gasteiger partial charge in [-0.15, -0.1) is 12.4 Å². The molecule has 3 aromatic carbocycles. The van der Waals surface area contributed by atoms with Gasteiger partial charge in [0.2, 0.25) is 0 Å². The first kappa shape index (κ1) is 25.7. The van der Waals surface area contributed by atoms with Crippen molar-refractivity contribution < 1.29 is 9.13 Å². The van der Waals surface area contributed by atoms with Gasteiger partial charge in [0.05, 0.1) is 23.2 Å². The highest BCUT2D eigenvalue weighted by molar-refractivity contribution is 7.99. The second kappa shape index (κ2) is 11.5. The maximum atomic E-state index is 14.0. The van der Waals surface area contributed by atoms with E-state index < -0.39 is 0 Å². The van der Waals surface area contributed by atoms with Gasteiger partial charge in [0.1, 0.15) is 11.6 Å². The molecule has 2 heterocycles. The van der Waals surface area contributed by atoms with Gasteiger partial charge in [0.15, 0.2) is 0 Å². The number of ether oxygens (including phenoxy) is 1. The average molecular weight is 514 g/mol. The lowest BCUT2D eigenvalue weighted by Gasteiger charge is -2.37. The molecule has 0 amide bonds. The van der Waals surface area contributed by atoms with Gasteiger partial charge in [-0.1, -0.05) is 36.0 Å². The number of anilines is 3. The predicted molar refractivity (Wildman–Crippen MR) is 147 cm³/mol. The first-order valence-electron chi connectivity index (χ1n) is 12.2. The summed E-state index contributed by atoms with van der Waals surface area (Å²) in [5, 5.41) is 0. The molecule has 0 unspecified atom stereocenters. The maximum absolute atomic E-state index is 14.0. The van der Waals surface area contributed by atoms with Crippen LogP contribution in [0.15, 0.2) is 76.5 Å². The van der Waals surface area contributed by atoms with E-state index in [0.29, 0.717) is 0 Å². The summed E-state index contributed by atoms with van der Waals surface area (Å²) in [5.74, 6) is 0.555. The van der Waals surface area contributed by atoms with E-state index in [0.717, 1.165) is 57.1 Å². The molecule has 2 aliphatic heterocycles. The molecule has 0 aliphatic carbocycles. The first-order valence-corrected chi connectivity index (χ1v) is 13.0. The van der Waals surface area contributed by atoms with E-state index >= 15 is 0 Å². The molecule has 1 saturated heterocycles. The van der Waals surface area contributed by atoms with E-state index in [1.165, 1.54) is 27.2 Å². The molecule has 0 radical (unpaired) electrons. The second-order valence-corrected chi connectivity index (χ2v) is 10.2. The smallest absolute Gasteiger partial charge is 0.143 e. The fourth-order valence-electron chi connectivity index (χ4n) is 4.78. The van der Waals surface area contributed by atoms with Crippen molar-refractivity contribution in [3.8, 4) is 5.75 Å². The van der Waals surface area contributed by atoms with Crippen molar-refractivity contribution in [2.75, 3.05) is 49.1 Å². The van der Waals surface area contributed by atoms with Gasteiger partial charge in [-0.05, 0) is 63.2 Å². The lowest BCUT2D eigenvalue weighted by molar-refractivity contribution is 0.237. The topological polar surface area (TPSA) is 19.0 Å². The number of rotatable bonds is 7. The Hall–Kier alpha value is -2.41. The lowest BCUT2D eigenvalue weighted by Crippen LogP contribution is -2.47. The van der Waals surface area contributed by atoms with Crippen LogP contribution >= 0.6 is 24.2 Å². The van der Waals surface area contributed by atoms with E-state index in [9.17, 15) is 4.39 Å². The fraction of sp³-hybridized carbons (Fsp3) is 0.357. The summed E-state index contributed by atoms with van der Waals surface area (Å²) in [6.45, 7) is 9.76. The van der Waals surface area contributed by atoms with E-state index in [1.54, 1.807) is 12.1 Å². The fourth-order valence-corrected chi connectivity index (χ4v) is 5.87. The van der Waals surface area contributed by atoms with E-state index in [1.807, 2.05) is 25.6 Å². The van der Waals surface area contributed by atoms with Gasteiger partial charge < -0.3 is 14.5 Å². The van der Waals surface area contributed by atoms with E-state index in [4.69, 9.17) is 4.74 Å². The summed E-state index contributed by atoms with van der Waals surface area (Å²) in [6, 6.07) is 22.2. The van der Waals surface area contributed by atoms with Crippen LogP contribution in [-0.4, -0.2) is 50.3 Å². The third-order valence-electron chi connectivity index (χ3n) is 6.38. The zero-order valence-electron chi connectivity index (χ0n) is 20.3. The highest BCUT2D eigenvalue weighted by atomic mass is 35.5. The number of hydrogen-bond acceptors (Lipinski definition) is 5. The first-order chi connectivity index (χ1) is 16.6. The number of para-hydroxylation sites is 2. The minimum atomic E-state index is -0.214. The molecule has 1 fully saturated rings. The van der Waals surface area contributed by atoms with Gasteiger partial charge >= 0.3 is 0 Å². The molecule has 0 aromatic heterocycles. The van der Waals surface area contributed by atoms with Crippen molar-refractivity contribution in [3.63, 3.8) is 0 Å². The van der Waals surface area contributed by atoms with Gasteiger partial charge in [-0.2, -0.15) is 0 Å². The Bertz CT molecular complexity index is 1090. The molecule has 186 valence electrons. The molecule has 4 nitrogen and oxygen atoms in total. The number of fused-ring (bicyclic) bond motifs is 2. The highest BCUT2D eigenvalue weighted by Gasteiger charge is 2.24. The van der Waals surface area contributed by atoms with Crippen molar-refractivity contribution in [2.24, 2.45) is 0 Å². The number of nitrogens with zero attached hydrogens (tertiary/aromatic N) is 3. The van der Waals surface area contributed by atoms with Crippen LogP contribution in [0.1, 0.15) is 20.3 Å². The Kier molecular flexibility index (Phi) is 8.47. The lowest BCUT2D eigenvalue weighted by atomic mass is 10.2. The van der Waals surface area contributed by atoms with Gasteiger partial charge in [-0.3, -0.25) is 4.90 Å². The molecule has 35 heavy (non-hydrogen) atoms. The van der Waals surface area contributed by atoms with Gasteiger partial charge in [0.25, 0.3) is 0 Å². The van der Waals surface area contributed by atoms with Gasteiger partial charge in [-0.25, -0.2) is 4.39 Å². The molecular formula is C28H33ClFN3OS. The Morgan fingerprint density at radius 1 is 0.829 bits per heavy atom. The average Bonchev–Trinajstić information content (AvgIpc) is 2.85. The van der Waals surface area contributed by atoms with Crippen LogP contribution in [0.3, 0.4) is 0 Å². The standard InChI is InChI=1S/C28H32FN3OS.ClH/c1-21(2)33-26-13-12-22(29)20-25(26)31-18-16-30(17-19-31)14-7-15-32-23-8-3-5-10-27(23)34-28-11-6-4-9-24(28)32;/h3-6,8-13,20-21H,7,14-19H2,1-2H3;1H. The summed E-state index contributed by atoms with van der Waals surface area (Å²) in [7, 11) is 0. The molecule has 7 heteroatoms. The largest absolute Gasteiger partial charge is 0.489 e. The number of hydrogen-bond donors (Lipinski definition) is 0. The number of benzene rings is 3. The van der Waals surface area contributed by atoms with Crippen LogP contribution in [-0.2, 0) is 0 Å². The van der Waals surface area contributed by atoms with Crippen molar-refractivity contribution in [2.45, 2.75) is 36.2 Å². The molecule has 3 aromatic rings. The Balaban J connectivity index is 0.00000289. The van der Waals surface area contributed by atoms with Crippen molar-refractivity contribution >= 4 is 41.2 Å². The minimum absolute atomic E-state index is 0. The number of piperazine rings is 1. The van der Waals surface area contributed by atoms with Crippen LogP contribution in [0, 0.1) is 5.82 Å². The molecule has 5 rings (SSSR count). The molecule has 0 N–H and O–H groups in total. The van der Waals surface area contributed by atoms with Crippen LogP contribution in [0.2, 0.25) is 0 Å². The molecule has 0 spiro atoms. The summed E-state index contributed by atoms with van der Waals surface area (Å²) in [6.07, 6.45) is 1.16. The van der Waals surface area contributed by atoms with Crippen LogP contribution in [0.5, 0.6) is 5.75 Å². The summed E-state index contributed by atoms with van der Waals surface area (Å²) < 4.78 is 19.9. The zero-order chi connectivity index (χ0) is 23.5. The Morgan fingerprint density at radius 2 is 1.46 bits per heavy atom. The molecule has 0 atom stereocenters.